The molecule has 3 aliphatic heterocycles. The van der Waals surface area contributed by atoms with Gasteiger partial charge in [-0.2, -0.15) is 0 Å². The second-order valence-corrected chi connectivity index (χ2v) is 7.55. The highest BCUT2D eigenvalue weighted by atomic mass is 19.1. The smallest absolute Gasteiger partial charge is 0.146 e. The predicted octanol–water partition coefficient (Wildman–Crippen LogP) is 3.09. The molecule has 1 aromatic carbocycles. The first kappa shape index (κ1) is 15.4. The Balaban J connectivity index is 1.45. The van der Waals surface area contributed by atoms with Gasteiger partial charge < -0.3 is 4.90 Å². The van der Waals surface area contributed by atoms with Crippen LogP contribution in [0.3, 0.4) is 0 Å². The third-order valence-corrected chi connectivity index (χ3v) is 5.91. The van der Waals surface area contributed by atoms with Gasteiger partial charge in [-0.3, -0.25) is 9.80 Å². The largest absolute Gasteiger partial charge is 0.369 e. The van der Waals surface area contributed by atoms with Crippen LogP contribution in [0.2, 0.25) is 0 Å². The summed E-state index contributed by atoms with van der Waals surface area (Å²) in [4.78, 5) is 7.36. The molecule has 0 amide bonds. The predicted molar refractivity (Wildman–Crippen MR) is 92.3 cm³/mol. The van der Waals surface area contributed by atoms with Crippen molar-refractivity contribution in [3.05, 3.63) is 29.6 Å². The summed E-state index contributed by atoms with van der Waals surface area (Å²) in [5.41, 5.74) is 1.91. The van der Waals surface area contributed by atoms with E-state index in [-0.39, 0.29) is 5.82 Å². The summed E-state index contributed by atoms with van der Waals surface area (Å²) in [5.74, 6) is -0.0449. The van der Waals surface area contributed by atoms with E-state index in [9.17, 15) is 4.39 Å². The molecule has 23 heavy (non-hydrogen) atoms. The van der Waals surface area contributed by atoms with Crippen molar-refractivity contribution in [2.45, 2.75) is 51.2 Å². The van der Waals surface area contributed by atoms with Gasteiger partial charge in [0.05, 0.1) is 5.69 Å². The van der Waals surface area contributed by atoms with Crippen LogP contribution in [0.4, 0.5) is 10.1 Å². The fourth-order valence-corrected chi connectivity index (χ4v) is 4.57. The highest BCUT2D eigenvalue weighted by molar-refractivity contribution is 5.49. The van der Waals surface area contributed by atoms with Gasteiger partial charge in [-0.15, -0.1) is 0 Å². The van der Waals surface area contributed by atoms with Gasteiger partial charge in [0.25, 0.3) is 0 Å². The van der Waals surface area contributed by atoms with Crippen molar-refractivity contribution in [3.8, 4) is 0 Å². The van der Waals surface area contributed by atoms with E-state index in [2.05, 4.69) is 27.7 Å². The second-order valence-electron chi connectivity index (χ2n) is 7.55. The minimum Gasteiger partial charge on any atom is -0.369 e. The molecule has 3 fully saturated rings. The van der Waals surface area contributed by atoms with Gasteiger partial charge in [0.1, 0.15) is 5.82 Å². The van der Waals surface area contributed by atoms with Gasteiger partial charge in [0.15, 0.2) is 0 Å². The van der Waals surface area contributed by atoms with Gasteiger partial charge in [0.2, 0.25) is 0 Å². The first-order chi connectivity index (χ1) is 11.2. The number of hydrogen-bond acceptors (Lipinski definition) is 3. The second kappa shape index (κ2) is 6.40. The Hall–Kier alpha value is -1.13. The lowest BCUT2D eigenvalue weighted by Crippen LogP contribution is -2.54. The van der Waals surface area contributed by atoms with Gasteiger partial charge in [-0.1, -0.05) is 6.07 Å². The molecule has 0 saturated carbocycles. The van der Waals surface area contributed by atoms with E-state index in [4.69, 9.17) is 0 Å². The topological polar surface area (TPSA) is 9.72 Å². The van der Waals surface area contributed by atoms with Crippen LogP contribution in [0.5, 0.6) is 0 Å². The number of hydrogen-bond donors (Lipinski definition) is 0. The summed E-state index contributed by atoms with van der Waals surface area (Å²) in [6.07, 6.45) is 5.03. The maximum absolute atomic E-state index is 14.5. The van der Waals surface area contributed by atoms with Crippen LogP contribution in [-0.2, 0) is 6.54 Å². The van der Waals surface area contributed by atoms with E-state index in [0.29, 0.717) is 6.04 Å². The van der Waals surface area contributed by atoms with Crippen LogP contribution >= 0.6 is 0 Å². The van der Waals surface area contributed by atoms with Gasteiger partial charge in [-0.05, 0) is 56.8 Å². The number of nitrogens with zero attached hydrogens (tertiary/aromatic N) is 3. The lowest BCUT2D eigenvalue weighted by Gasteiger charge is -2.42. The minimum absolute atomic E-state index is 0.0449. The van der Waals surface area contributed by atoms with Crippen molar-refractivity contribution in [3.63, 3.8) is 0 Å². The Kier molecular flexibility index (Phi) is 4.29. The normalized spacial score (nSPS) is 29.2. The lowest BCUT2D eigenvalue weighted by atomic mass is 10.1. The molecule has 3 heterocycles. The molecule has 3 nitrogen and oxygen atoms in total. The molecule has 0 aliphatic carbocycles. The zero-order valence-electron chi connectivity index (χ0n) is 14.2. The number of piperazine rings is 1. The molecule has 4 heteroatoms. The summed E-state index contributed by atoms with van der Waals surface area (Å²) in [6, 6.07) is 7.17. The maximum atomic E-state index is 14.5. The zero-order valence-corrected chi connectivity index (χ0v) is 14.2. The van der Waals surface area contributed by atoms with Crippen LogP contribution in [0, 0.1) is 5.82 Å². The molecule has 0 N–H and O–H groups in total. The molecule has 1 aromatic rings. The van der Waals surface area contributed by atoms with Crippen molar-refractivity contribution in [1.29, 1.82) is 0 Å². The summed E-state index contributed by atoms with van der Waals surface area (Å²) in [7, 11) is 0. The number of halogens is 1. The zero-order chi connectivity index (χ0) is 15.8. The Morgan fingerprint density at radius 1 is 1.09 bits per heavy atom. The number of benzene rings is 1. The molecule has 0 bridgehead atoms. The molecule has 3 saturated heterocycles. The van der Waals surface area contributed by atoms with E-state index >= 15 is 0 Å². The number of anilines is 1. The van der Waals surface area contributed by atoms with E-state index < -0.39 is 0 Å². The molecule has 0 radical (unpaired) electrons. The fourth-order valence-electron chi connectivity index (χ4n) is 4.57. The van der Waals surface area contributed by atoms with E-state index in [1.807, 2.05) is 6.07 Å². The maximum Gasteiger partial charge on any atom is 0.146 e. The van der Waals surface area contributed by atoms with Crippen LogP contribution in [0.1, 0.15) is 38.2 Å². The van der Waals surface area contributed by atoms with Crippen LogP contribution in [0.15, 0.2) is 18.2 Å². The quantitative estimate of drug-likeness (QED) is 0.848. The Morgan fingerprint density at radius 3 is 2.70 bits per heavy atom. The highest BCUT2D eigenvalue weighted by Crippen LogP contribution is 2.28. The lowest BCUT2D eigenvalue weighted by molar-refractivity contribution is 0.0540. The monoisotopic (exact) mass is 317 g/mol. The summed E-state index contributed by atoms with van der Waals surface area (Å²) >= 11 is 0. The van der Waals surface area contributed by atoms with Crippen molar-refractivity contribution >= 4 is 5.69 Å². The third kappa shape index (κ3) is 3.11. The highest BCUT2D eigenvalue weighted by Gasteiger charge is 2.34. The van der Waals surface area contributed by atoms with Gasteiger partial charge in [0, 0.05) is 44.8 Å². The van der Waals surface area contributed by atoms with Crippen molar-refractivity contribution in [2.75, 3.05) is 37.6 Å². The van der Waals surface area contributed by atoms with E-state index in [1.165, 1.54) is 38.8 Å². The minimum atomic E-state index is -0.0449. The molecule has 3 aliphatic rings. The summed E-state index contributed by atoms with van der Waals surface area (Å²) < 4.78 is 14.5. The van der Waals surface area contributed by atoms with E-state index in [0.717, 1.165) is 43.5 Å². The van der Waals surface area contributed by atoms with Crippen LogP contribution < -0.4 is 4.90 Å². The van der Waals surface area contributed by atoms with E-state index in [1.54, 1.807) is 6.07 Å². The Bertz CT molecular complexity index is 556. The number of rotatable bonds is 3. The Morgan fingerprint density at radius 2 is 1.91 bits per heavy atom. The first-order valence-corrected chi connectivity index (χ1v) is 9.22. The van der Waals surface area contributed by atoms with Crippen LogP contribution in [0.25, 0.3) is 0 Å². The molecule has 4 rings (SSSR count). The SMILES string of the molecule is C[C@H]1CN2CCCC2CN1Cc1ccc(N2CCCC2)c(F)c1. The molecule has 2 atom stereocenters. The average Bonchev–Trinajstić information content (AvgIpc) is 3.19. The fraction of sp³-hybridized carbons (Fsp3) is 0.684. The average molecular weight is 317 g/mol. The molecular formula is C19H28FN3. The van der Waals surface area contributed by atoms with Crippen molar-refractivity contribution in [2.24, 2.45) is 0 Å². The molecular weight excluding hydrogens is 289 g/mol. The Labute approximate surface area is 139 Å². The van der Waals surface area contributed by atoms with Gasteiger partial charge in [-0.25, -0.2) is 4.39 Å². The molecule has 0 aromatic heterocycles. The van der Waals surface area contributed by atoms with Gasteiger partial charge >= 0.3 is 0 Å². The van der Waals surface area contributed by atoms with Crippen LogP contribution in [-0.4, -0.2) is 54.6 Å². The molecule has 1 unspecified atom stereocenters. The summed E-state index contributed by atoms with van der Waals surface area (Å²) in [5, 5.41) is 0. The number of fused-ring (bicyclic) bond motifs is 1. The first-order valence-electron chi connectivity index (χ1n) is 9.22. The van der Waals surface area contributed by atoms with Crippen molar-refractivity contribution < 1.29 is 4.39 Å². The van der Waals surface area contributed by atoms with Crippen molar-refractivity contribution in [1.82, 2.24) is 9.80 Å². The third-order valence-electron chi connectivity index (χ3n) is 5.91. The standard InChI is InChI=1S/C19H28FN3/c1-15-12-22-10-4-5-17(22)14-23(15)13-16-6-7-19(18(20)11-16)21-8-2-3-9-21/h6-7,11,15,17H,2-5,8-10,12-14H2,1H3/t15-,17?/m0/s1. The molecule has 0 spiro atoms. The summed E-state index contributed by atoms with van der Waals surface area (Å²) in [6.45, 7) is 8.75. The molecule has 126 valence electrons.